The molecule has 0 saturated heterocycles. The Balaban J connectivity index is 0. The summed E-state index contributed by atoms with van der Waals surface area (Å²) in [6.45, 7) is 7.27. The van der Waals surface area contributed by atoms with Crippen molar-refractivity contribution in [3.63, 3.8) is 0 Å². The van der Waals surface area contributed by atoms with Gasteiger partial charge in [-0.2, -0.15) is 12.8 Å². The van der Waals surface area contributed by atoms with Crippen LogP contribution in [0.2, 0.25) is 0 Å². The third kappa shape index (κ3) is 8.85. The van der Waals surface area contributed by atoms with Crippen molar-refractivity contribution in [3.8, 4) is 0 Å². The molecule has 0 aromatic carbocycles. The van der Waals surface area contributed by atoms with Gasteiger partial charge in [0.25, 0.3) is 0 Å². The maximum absolute atomic E-state index is 3.64. The van der Waals surface area contributed by atoms with Crippen LogP contribution in [-0.4, -0.2) is 0 Å². The first kappa shape index (κ1) is 9.98. The van der Waals surface area contributed by atoms with E-state index in [1.165, 1.54) is 6.42 Å². The second-order valence-electron chi connectivity index (χ2n) is 1.06. The zero-order valence-electron chi connectivity index (χ0n) is 4.11. The summed E-state index contributed by atoms with van der Waals surface area (Å²) in [6.07, 6.45) is 3.23. The van der Waals surface area contributed by atoms with E-state index in [1.54, 1.807) is 0 Å². The van der Waals surface area contributed by atoms with E-state index in [-0.39, 0.29) is 25.8 Å². The number of unbranched alkanes of at least 4 members (excludes halogenated alkanes) is 2. The predicted octanol–water partition coefficient (Wildman–Crippen LogP) is 1.82. The first-order chi connectivity index (χ1) is 2.41. The monoisotopic (exact) mass is 115 g/mol. The van der Waals surface area contributed by atoms with Crippen LogP contribution in [0.3, 0.4) is 0 Å². The van der Waals surface area contributed by atoms with Gasteiger partial charge >= 0.3 is 0 Å². The average molecular weight is 115 g/mol. The van der Waals surface area contributed by atoms with Crippen LogP contribution >= 0.6 is 0 Å². The van der Waals surface area contributed by atoms with E-state index in [4.69, 9.17) is 0 Å². The minimum atomic E-state index is 0. The first-order valence-corrected chi connectivity index (χ1v) is 2.00. The fourth-order valence-electron chi connectivity index (χ4n) is 0.177. The van der Waals surface area contributed by atoms with Crippen molar-refractivity contribution in [3.05, 3.63) is 13.8 Å². The Bertz CT molecular complexity index is 11.4. The Morgan fingerprint density at radius 1 is 1.00 bits per heavy atom. The summed E-state index contributed by atoms with van der Waals surface area (Å²) in [5.74, 6) is 0. The third-order valence-electron chi connectivity index (χ3n) is 0.500. The molecule has 0 aliphatic carbocycles. The molecule has 0 amide bonds. The molecule has 1 heteroatoms. The molecular formula is C5H10Sc-2. The molecule has 0 fully saturated rings. The van der Waals surface area contributed by atoms with Crippen LogP contribution in [0.5, 0.6) is 0 Å². The van der Waals surface area contributed by atoms with Crippen LogP contribution in [0, 0.1) is 13.8 Å². The molecule has 0 heterocycles. The maximum atomic E-state index is 3.64. The zero-order chi connectivity index (χ0) is 4.12. The van der Waals surface area contributed by atoms with Gasteiger partial charge in [-0.3, -0.25) is 0 Å². The van der Waals surface area contributed by atoms with Crippen molar-refractivity contribution in [1.82, 2.24) is 0 Å². The smallest absolute Gasteiger partial charge is 0 e. The quantitative estimate of drug-likeness (QED) is 0.481. The zero-order valence-corrected chi connectivity index (χ0v) is 5.92. The molecule has 0 aromatic heterocycles. The van der Waals surface area contributed by atoms with Gasteiger partial charge in [-0.05, 0) is 0 Å². The third-order valence-corrected chi connectivity index (χ3v) is 0.500. The topological polar surface area (TPSA) is 0 Å². The maximum Gasteiger partial charge on any atom is 0 e. The number of hydrogen-bond acceptors (Lipinski definition) is 0. The summed E-state index contributed by atoms with van der Waals surface area (Å²) < 4.78 is 0. The first-order valence-electron chi connectivity index (χ1n) is 2.00. The van der Waals surface area contributed by atoms with Crippen molar-refractivity contribution in [1.29, 1.82) is 0 Å². The van der Waals surface area contributed by atoms with Crippen molar-refractivity contribution < 1.29 is 25.8 Å². The van der Waals surface area contributed by atoms with Gasteiger partial charge in [0.1, 0.15) is 0 Å². The van der Waals surface area contributed by atoms with Crippen molar-refractivity contribution in [2.45, 2.75) is 19.3 Å². The molecule has 0 bridgehead atoms. The summed E-state index contributed by atoms with van der Waals surface area (Å²) in [6, 6.07) is 0. The van der Waals surface area contributed by atoms with Crippen LogP contribution < -0.4 is 0 Å². The molecule has 0 unspecified atom stereocenters. The van der Waals surface area contributed by atoms with Crippen molar-refractivity contribution >= 4 is 0 Å². The molecular weight excluding hydrogens is 105 g/mol. The van der Waals surface area contributed by atoms with Gasteiger partial charge < -0.3 is 13.8 Å². The van der Waals surface area contributed by atoms with Gasteiger partial charge in [0, 0.05) is 25.8 Å². The molecule has 35 valence electrons. The van der Waals surface area contributed by atoms with E-state index >= 15 is 0 Å². The Labute approximate surface area is 59.1 Å². The fourth-order valence-corrected chi connectivity index (χ4v) is 0.177. The molecule has 0 saturated carbocycles. The average Bonchev–Trinajstić information content (AvgIpc) is 1.41. The van der Waals surface area contributed by atoms with Gasteiger partial charge in [-0.15, -0.1) is 6.42 Å². The molecule has 0 nitrogen and oxygen atoms in total. The van der Waals surface area contributed by atoms with Crippen molar-refractivity contribution in [2.75, 3.05) is 0 Å². The van der Waals surface area contributed by atoms with Crippen LogP contribution in [0.25, 0.3) is 0 Å². The Morgan fingerprint density at radius 3 is 1.33 bits per heavy atom. The van der Waals surface area contributed by atoms with Crippen LogP contribution in [-0.2, 0) is 25.8 Å². The van der Waals surface area contributed by atoms with E-state index in [0.29, 0.717) is 0 Å². The molecule has 1 radical (unpaired) electrons. The minimum absolute atomic E-state index is 0. The fraction of sp³-hybridized carbons (Fsp3) is 0.600. The van der Waals surface area contributed by atoms with Gasteiger partial charge in [-0.25, -0.2) is 0 Å². The van der Waals surface area contributed by atoms with Crippen LogP contribution in [0.4, 0.5) is 0 Å². The molecule has 0 N–H and O–H groups in total. The number of rotatable bonds is 2. The van der Waals surface area contributed by atoms with E-state index in [1.807, 2.05) is 0 Å². The summed E-state index contributed by atoms with van der Waals surface area (Å²) in [5.41, 5.74) is 0. The van der Waals surface area contributed by atoms with E-state index in [0.717, 1.165) is 12.8 Å². The summed E-state index contributed by atoms with van der Waals surface area (Å²) in [7, 11) is 0. The summed E-state index contributed by atoms with van der Waals surface area (Å²) in [5, 5.41) is 0. The largest absolute Gasteiger partial charge is 0.343 e. The molecule has 0 aromatic rings. The van der Waals surface area contributed by atoms with Gasteiger partial charge in [0.2, 0.25) is 0 Å². The summed E-state index contributed by atoms with van der Waals surface area (Å²) >= 11 is 0. The Hall–Kier alpha value is 0.870. The minimum Gasteiger partial charge on any atom is -0.343 e. The van der Waals surface area contributed by atoms with Gasteiger partial charge in [-0.1, -0.05) is 0 Å². The van der Waals surface area contributed by atoms with Crippen molar-refractivity contribution in [2.24, 2.45) is 0 Å². The molecule has 0 atom stereocenters. The van der Waals surface area contributed by atoms with Crippen LogP contribution in [0.15, 0.2) is 0 Å². The second kappa shape index (κ2) is 9.30. The molecule has 0 aliphatic rings. The van der Waals surface area contributed by atoms with Crippen LogP contribution in [0.1, 0.15) is 19.3 Å². The number of hydrogen-bond donors (Lipinski definition) is 0. The summed E-state index contributed by atoms with van der Waals surface area (Å²) in [4.78, 5) is 0. The normalized spacial score (nSPS) is 7.00. The predicted molar refractivity (Wildman–Crippen MR) is 24.6 cm³/mol. The Morgan fingerprint density at radius 2 is 1.33 bits per heavy atom. The van der Waals surface area contributed by atoms with E-state index in [2.05, 4.69) is 13.8 Å². The molecule has 0 spiro atoms. The van der Waals surface area contributed by atoms with Gasteiger partial charge in [0.15, 0.2) is 0 Å². The second-order valence-corrected chi connectivity index (χ2v) is 1.06. The Kier molecular flexibility index (Phi) is 15.5. The molecule has 6 heavy (non-hydrogen) atoms. The van der Waals surface area contributed by atoms with E-state index < -0.39 is 0 Å². The van der Waals surface area contributed by atoms with Gasteiger partial charge in [0.05, 0.1) is 0 Å². The molecule has 0 aliphatic heterocycles. The standard InChI is InChI=1S/C5H10.Sc/c1-3-5-4-2;/h1-5H2;/q-2;. The van der Waals surface area contributed by atoms with E-state index in [9.17, 15) is 0 Å². The SMILES string of the molecule is [CH2-]CCC[CH2-].[Sc]. The molecule has 0 rings (SSSR count).